The summed E-state index contributed by atoms with van der Waals surface area (Å²) in [6.45, 7) is 4.24. The van der Waals surface area contributed by atoms with Gasteiger partial charge in [-0.2, -0.15) is 0 Å². The summed E-state index contributed by atoms with van der Waals surface area (Å²) in [6, 6.07) is 7.39. The van der Waals surface area contributed by atoms with E-state index < -0.39 is 0 Å². The molecule has 0 spiro atoms. The van der Waals surface area contributed by atoms with Crippen LogP contribution in [0.5, 0.6) is 0 Å². The fourth-order valence-corrected chi connectivity index (χ4v) is 1.57. The first-order chi connectivity index (χ1) is 9.08. The van der Waals surface area contributed by atoms with Gasteiger partial charge in [0, 0.05) is 30.9 Å². The van der Waals surface area contributed by atoms with Crippen molar-refractivity contribution in [3.05, 3.63) is 29.8 Å². The summed E-state index contributed by atoms with van der Waals surface area (Å²) in [6.07, 6.45) is 0.104. The number of aliphatic hydroxyl groups excluding tert-OH is 1. The molecule has 106 valence electrons. The second kappa shape index (κ2) is 7.76. The molecular formula is C14H22N2O3. The van der Waals surface area contributed by atoms with E-state index in [4.69, 9.17) is 9.84 Å². The van der Waals surface area contributed by atoms with E-state index in [1.807, 2.05) is 26.0 Å². The van der Waals surface area contributed by atoms with E-state index in [9.17, 15) is 4.79 Å². The van der Waals surface area contributed by atoms with E-state index in [1.165, 1.54) is 0 Å². The zero-order valence-corrected chi connectivity index (χ0v) is 11.6. The van der Waals surface area contributed by atoms with E-state index in [0.717, 1.165) is 5.69 Å². The molecule has 1 aromatic rings. The highest BCUT2D eigenvalue weighted by atomic mass is 16.5. The summed E-state index contributed by atoms with van der Waals surface area (Å²) >= 11 is 0. The maximum atomic E-state index is 11.6. The van der Waals surface area contributed by atoms with Gasteiger partial charge in [0.05, 0.1) is 12.7 Å². The average molecular weight is 266 g/mol. The minimum Gasteiger partial charge on any atom is -0.395 e. The molecule has 0 heterocycles. The van der Waals surface area contributed by atoms with E-state index in [-0.39, 0.29) is 31.2 Å². The minimum atomic E-state index is -0.182. The summed E-state index contributed by atoms with van der Waals surface area (Å²) in [5.41, 5.74) is 1.52. The molecule has 0 fully saturated rings. The maximum Gasteiger partial charge on any atom is 0.251 e. The van der Waals surface area contributed by atoms with Crippen molar-refractivity contribution in [1.82, 2.24) is 5.32 Å². The van der Waals surface area contributed by atoms with Gasteiger partial charge in [-0.3, -0.25) is 4.79 Å². The van der Waals surface area contributed by atoms with Crippen molar-refractivity contribution in [1.29, 1.82) is 0 Å². The second-order valence-corrected chi connectivity index (χ2v) is 4.43. The third-order valence-electron chi connectivity index (χ3n) is 3.01. The molecule has 0 saturated carbocycles. The lowest BCUT2D eigenvalue weighted by atomic mass is 10.1. The van der Waals surface area contributed by atoms with Crippen molar-refractivity contribution in [3.63, 3.8) is 0 Å². The summed E-state index contributed by atoms with van der Waals surface area (Å²) in [5, 5.41) is 14.6. The highest BCUT2D eigenvalue weighted by Crippen LogP contribution is 2.12. The number of ether oxygens (including phenoxy) is 1. The largest absolute Gasteiger partial charge is 0.395 e. The number of benzene rings is 1. The van der Waals surface area contributed by atoms with Crippen LogP contribution in [-0.4, -0.2) is 43.4 Å². The van der Waals surface area contributed by atoms with Crippen molar-refractivity contribution in [2.24, 2.45) is 0 Å². The van der Waals surface area contributed by atoms with Crippen molar-refractivity contribution >= 4 is 11.6 Å². The van der Waals surface area contributed by atoms with Crippen molar-refractivity contribution < 1.29 is 14.6 Å². The Bertz CT molecular complexity index is 392. The van der Waals surface area contributed by atoms with Gasteiger partial charge in [0.1, 0.15) is 0 Å². The van der Waals surface area contributed by atoms with Crippen LogP contribution in [0.15, 0.2) is 24.3 Å². The number of aliphatic hydroxyl groups is 1. The number of carbonyl (C=O) groups is 1. The lowest BCUT2D eigenvalue weighted by Crippen LogP contribution is -2.29. The molecule has 3 N–H and O–H groups in total. The minimum absolute atomic E-state index is 0.0577. The monoisotopic (exact) mass is 266 g/mol. The Labute approximate surface area is 114 Å². The predicted molar refractivity (Wildman–Crippen MR) is 75.4 cm³/mol. The molecule has 5 heteroatoms. The molecule has 0 radical (unpaired) electrons. The van der Waals surface area contributed by atoms with Gasteiger partial charge in [0.2, 0.25) is 0 Å². The van der Waals surface area contributed by atoms with Gasteiger partial charge in [-0.1, -0.05) is 0 Å². The van der Waals surface area contributed by atoms with Crippen LogP contribution in [0.4, 0.5) is 5.69 Å². The average Bonchev–Trinajstić information content (AvgIpc) is 2.44. The van der Waals surface area contributed by atoms with Gasteiger partial charge in [-0.15, -0.1) is 0 Å². The quantitative estimate of drug-likeness (QED) is 0.694. The standard InChI is InChI=1S/C14H22N2O3/c1-10(11(2)19-3)16-13-6-4-12(5-7-13)14(18)15-8-9-17/h4-7,10-11,16-17H,8-9H2,1-3H3,(H,15,18). The van der Waals surface area contributed by atoms with Crippen LogP contribution in [0.3, 0.4) is 0 Å². The van der Waals surface area contributed by atoms with Crippen LogP contribution in [0.1, 0.15) is 24.2 Å². The van der Waals surface area contributed by atoms with Gasteiger partial charge in [0.25, 0.3) is 5.91 Å². The molecule has 1 amide bonds. The number of rotatable bonds is 7. The fraction of sp³-hybridized carbons (Fsp3) is 0.500. The number of carbonyl (C=O) groups excluding carboxylic acids is 1. The molecule has 19 heavy (non-hydrogen) atoms. The smallest absolute Gasteiger partial charge is 0.251 e. The summed E-state index contributed by atoms with van der Waals surface area (Å²) < 4.78 is 5.24. The molecule has 0 aromatic heterocycles. The van der Waals surface area contributed by atoms with Crippen LogP contribution in [0.2, 0.25) is 0 Å². The lowest BCUT2D eigenvalue weighted by molar-refractivity contribution is 0.0944. The first-order valence-corrected chi connectivity index (χ1v) is 6.37. The number of methoxy groups -OCH3 is 1. The van der Waals surface area contributed by atoms with Gasteiger partial charge in [-0.25, -0.2) is 0 Å². The van der Waals surface area contributed by atoms with Crippen LogP contribution in [-0.2, 0) is 4.74 Å². The number of hydrogen-bond acceptors (Lipinski definition) is 4. The maximum absolute atomic E-state index is 11.6. The van der Waals surface area contributed by atoms with Crippen molar-refractivity contribution in [3.8, 4) is 0 Å². The Hall–Kier alpha value is -1.59. The molecule has 1 rings (SSSR count). The molecule has 0 aliphatic rings. The molecule has 0 bridgehead atoms. The summed E-state index contributed by atoms with van der Waals surface area (Å²) in [5.74, 6) is -0.182. The van der Waals surface area contributed by atoms with Crippen LogP contribution in [0, 0.1) is 0 Å². The Morgan fingerprint density at radius 1 is 1.32 bits per heavy atom. The number of nitrogens with one attached hydrogen (secondary N) is 2. The second-order valence-electron chi connectivity index (χ2n) is 4.43. The van der Waals surface area contributed by atoms with Crippen LogP contribution < -0.4 is 10.6 Å². The Balaban J connectivity index is 2.58. The first-order valence-electron chi connectivity index (χ1n) is 6.37. The molecule has 1 aromatic carbocycles. The number of hydrogen-bond donors (Lipinski definition) is 3. The van der Waals surface area contributed by atoms with Gasteiger partial charge < -0.3 is 20.5 Å². The van der Waals surface area contributed by atoms with Crippen molar-refractivity contribution in [2.45, 2.75) is 26.0 Å². The Kier molecular flexibility index (Phi) is 6.32. The number of amides is 1. The fourth-order valence-electron chi connectivity index (χ4n) is 1.57. The van der Waals surface area contributed by atoms with Crippen LogP contribution in [0.25, 0.3) is 0 Å². The van der Waals surface area contributed by atoms with E-state index in [2.05, 4.69) is 10.6 Å². The summed E-state index contributed by atoms with van der Waals surface area (Å²) in [7, 11) is 1.68. The first kappa shape index (κ1) is 15.5. The highest BCUT2D eigenvalue weighted by molar-refractivity contribution is 5.94. The van der Waals surface area contributed by atoms with Crippen molar-refractivity contribution in [2.75, 3.05) is 25.6 Å². The lowest BCUT2D eigenvalue weighted by Gasteiger charge is -2.21. The molecular weight excluding hydrogens is 244 g/mol. The van der Waals surface area contributed by atoms with E-state index in [0.29, 0.717) is 5.56 Å². The van der Waals surface area contributed by atoms with E-state index in [1.54, 1.807) is 19.2 Å². The van der Waals surface area contributed by atoms with Gasteiger partial charge in [-0.05, 0) is 38.1 Å². The Morgan fingerprint density at radius 2 is 1.95 bits per heavy atom. The Morgan fingerprint density at radius 3 is 2.47 bits per heavy atom. The van der Waals surface area contributed by atoms with Gasteiger partial charge >= 0.3 is 0 Å². The normalized spacial score (nSPS) is 13.7. The molecule has 2 unspecified atom stereocenters. The van der Waals surface area contributed by atoms with Crippen LogP contribution >= 0.6 is 0 Å². The zero-order chi connectivity index (χ0) is 14.3. The van der Waals surface area contributed by atoms with E-state index >= 15 is 0 Å². The molecule has 5 nitrogen and oxygen atoms in total. The van der Waals surface area contributed by atoms with Gasteiger partial charge in [0.15, 0.2) is 0 Å². The number of anilines is 1. The molecule has 2 atom stereocenters. The SMILES string of the molecule is COC(C)C(C)Nc1ccc(C(=O)NCCO)cc1. The molecule has 0 aliphatic carbocycles. The third kappa shape index (κ3) is 4.89. The molecule has 0 saturated heterocycles. The predicted octanol–water partition coefficient (Wildman–Crippen LogP) is 1.24. The molecule has 0 aliphatic heterocycles. The third-order valence-corrected chi connectivity index (χ3v) is 3.01. The highest BCUT2D eigenvalue weighted by Gasteiger charge is 2.11. The zero-order valence-electron chi connectivity index (χ0n) is 11.6. The summed E-state index contributed by atoms with van der Waals surface area (Å²) in [4.78, 5) is 11.6. The topological polar surface area (TPSA) is 70.6 Å².